The molecule has 2 atom stereocenters. The van der Waals surface area contributed by atoms with Gasteiger partial charge in [-0.1, -0.05) is 6.07 Å². The van der Waals surface area contributed by atoms with Gasteiger partial charge in [0.2, 0.25) is 5.82 Å². The van der Waals surface area contributed by atoms with Gasteiger partial charge in [-0.3, -0.25) is 15.0 Å². The van der Waals surface area contributed by atoms with Gasteiger partial charge in [0.1, 0.15) is 18.1 Å². The molecule has 1 amide bonds. The van der Waals surface area contributed by atoms with Crippen molar-refractivity contribution in [2.24, 2.45) is 0 Å². The Kier molecular flexibility index (Phi) is 5.15. The van der Waals surface area contributed by atoms with E-state index in [1.165, 1.54) is 12.1 Å². The number of quaternary nitrogens is 1. The Morgan fingerprint density at radius 1 is 1.48 bits per heavy atom. The van der Waals surface area contributed by atoms with Gasteiger partial charge in [0.05, 0.1) is 11.5 Å². The average molecular weight is 354 g/mol. The summed E-state index contributed by atoms with van der Waals surface area (Å²) < 4.78 is 13.8. The second-order valence-corrected chi connectivity index (χ2v) is 7.67. The van der Waals surface area contributed by atoms with Crippen molar-refractivity contribution < 1.29 is 23.7 Å². The minimum Gasteiger partial charge on any atom is -0.435 e. The van der Waals surface area contributed by atoms with Gasteiger partial charge in [-0.25, -0.2) is 4.48 Å². The zero-order valence-corrected chi connectivity index (χ0v) is 15.0. The van der Waals surface area contributed by atoms with Crippen LogP contribution in [0.5, 0.6) is 0 Å². The second kappa shape index (κ2) is 6.68. The third-order valence-corrected chi connectivity index (χ3v) is 5.20. The molecule has 138 valence electrons. The molecule has 2 rings (SSSR count). The van der Waals surface area contributed by atoms with Crippen LogP contribution in [-0.2, 0) is 6.54 Å². The van der Waals surface area contributed by atoms with Crippen LogP contribution in [0, 0.1) is 15.9 Å². The number of hydrogen-bond donors (Lipinski definition) is 1. The van der Waals surface area contributed by atoms with Gasteiger partial charge in [0.25, 0.3) is 0 Å². The molecule has 0 aliphatic carbocycles. The van der Waals surface area contributed by atoms with Gasteiger partial charge in [-0.2, -0.15) is 9.18 Å². The summed E-state index contributed by atoms with van der Waals surface area (Å²) in [5, 5.41) is 20.5. The van der Waals surface area contributed by atoms with Crippen molar-refractivity contribution in [3.63, 3.8) is 0 Å². The standard InChI is InChI=1S/C17H24FN3O4/c1-12-10-19(7-8-21(12,16(22)23)17(2,3)4)11-13-5-6-15(20(24)25)14(18)9-13/h5-6,9,12H,7-8,10-11H2,1-4H3/p+1/t12-,21?/m0/s1. The highest BCUT2D eigenvalue weighted by atomic mass is 19.1. The van der Waals surface area contributed by atoms with Crippen LogP contribution in [0.1, 0.15) is 33.3 Å². The van der Waals surface area contributed by atoms with Crippen LogP contribution in [0.25, 0.3) is 0 Å². The van der Waals surface area contributed by atoms with E-state index in [2.05, 4.69) is 4.90 Å². The lowest BCUT2D eigenvalue weighted by Crippen LogP contribution is -2.73. The summed E-state index contributed by atoms with van der Waals surface area (Å²) in [6, 6.07) is 3.77. The maximum absolute atomic E-state index is 13.8. The highest BCUT2D eigenvalue weighted by Crippen LogP contribution is 2.32. The molecule has 1 aliphatic rings. The SMILES string of the molecule is C[C@H]1CN(Cc2ccc([N+](=O)[O-])c(F)c2)CC[N+]1(C(=O)O)C(C)(C)C. The number of hydrogen-bond acceptors (Lipinski definition) is 4. The van der Waals surface area contributed by atoms with Crippen molar-refractivity contribution in [3.8, 4) is 0 Å². The van der Waals surface area contributed by atoms with Crippen LogP contribution in [-0.4, -0.2) is 56.7 Å². The first-order valence-corrected chi connectivity index (χ1v) is 8.25. The Hall–Kier alpha value is -2.06. The molecular weight excluding hydrogens is 329 g/mol. The minimum absolute atomic E-state index is 0.0158. The van der Waals surface area contributed by atoms with Gasteiger partial charge in [0, 0.05) is 19.2 Å². The molecule has 1 aromatic rings. The fourth-order valence-corrected chi connectivity index (χ4v) is 3.89. The normalized spacial score (nSPS) is 24.9. The largest absolute Gasteiger partial charge is 0.514 e. The van der Waals surface area contributed by atoms with Crippen molar-refractivity contribution >= 4 is 11.8 Å². The molecule has 1 unspecified atom stereocenters. The minimum atomic E-state index is -0.849. The van der Waals surface area contributed by atoms with Crippen LogP contribution in [0.15, 0.2) is 18.2 Å². The van der Waals surface area contributed by atoms with Gasteiger partial charge in [-0.05, 0) is 39.3 Å². The predicted molar refractivity (Wildman–Crippen MR) is 90.7 cm³/mol. The molecule has 8 heteroatoms. The first kappa shape index (κ1) is 19.3. The summed E-state index contributed by atoms with van der Waals surface area (Å²) in [7, 11) is 0. The van der Waals surface area contributed by atoms with E-state index in [0.717, 1.165) is 0 Å². The predicted octanol–water partition coefficient (Wildman–Crippen LogP) is 3.23. The monoisotopic (exact) mass is 354 g/mol. The van der Waals surface area contributed by atoms with E-state index in [-0.39, 0.29) is 10.5 Å². The van der Waals surface area contributed by atoms with E-state index in [4.69, 9.17) is 0 Å². The van der Waals surface area contributed by atoms with Crippen molar-refractivity contribution in [1.29, 1.82) is 0 Å². The summed E-state index contributed by atoms with van der Waals surface area (Å²) in [5.41, 5.74) is -0.331. The molecule has 1 N–H and O–H groups in total. The number of benzene rings is 1. The van der Waals surface area contributed by atoms with Crippen LogP contribution in [0.3, 0.4) is 0 Å². The van der Waals surface area contributed by atoms with Gasteiger partial charge >= 0.3 is 11.8 Å². The molecule has 0 radical (unpaired) electrons. The molecule has 7 nitrogen and oxygen atoms in total. The number of rotatable bonds is 3. The maximum Gasteiger partial charge on any atom is 0.514 e. The Balaban J connectivity index is 2.15. The molecule has 1 aliphatic heterocycles. The van der Waals surface area contributed by atoms with Crippen LogP contribution in [0.2, 0.25) is 0 Å². The fraction of sp³-hybridized carbons (Fsp3) is 0.588. The summed E-state index contributed by atoms with van der Waals surface area (Å²) in [6.07, 6.45) is -0.832. The Bertz CT molecular complexity index is 689. The molecule has 1 fully saturated rings. The van der Waals surface area contributed by atoms with Gasteiger partial charge in [0.15, 0.2) is 0 Å². The number of amides is 1. The van der Waals surface area contributed by atoms with Crippen LogP contribution in [0.4, 0.5) is 14.9 Å². The fourth-order valence-electron chi connectivity index (χ4n) is 3.89. The lowest BCUT2D eigenvalue weighted by atomic mass is 9.95. The molecule has 25 heavy (non-hydrogen) atoms. The summed E-state index contributed by atoms with van der Waals surface area (Å²) in [4.78, 5) is 24.0. The summed E-state index contributed by atoms with van der Waals surface area (Å²) >= 11 is 0. The Morgan fingerprint density at radius 3 is 2.56 bits per heavy atom. The Labute approximate surface area is 146 Å². The molecule has 1 saturated heterocycles. The van der Waals surface area contributed by atoms with E-state index >= 15 is 0 Å². The molecule has 0 aromatic heterocycles. The van der Waals surface area contributed by atoms with Crippen molar-refractivity contribution in [1.82, 2.24) is 4.90 Å². The van der Waals surface area contributed by atoms with Gasteiger partial charge < -0.3 is 5.11 Å². The molecule has 0 spiro atoms. The zero-order valence-electron chi connectivity index (χ0n) is 15.0. The number of carboxylic acid groups (broad SMARTS) is 1. The molecule has 0 bridgehead atoms. The van der Waals surface area contributed by atoms with Gasteiger partial charge in [-0.15, -0.1) is 0 Å². The topological polar surface area (TPSA) is 83.7 Å². The molecule has 0 saturated carbocycles. The first-order chi connectivity index (χ1) is 11.5. The van der Waals surface area contributed by atoms with Crippen molar-refractivity contribution in [2.45, 2.75) is 45.8 Å². The van der Waals surface area contributed by atoms with Crippen LogP contribution >= 0.6 is 0 Å². The van der Waals surface area contributed by atoms with E-state index < -0.39 is 28.1 Å². The lowest BCUT2D eigenvalue weighted by Gasteiger charge is -2.52. The lowest BCUT2D eigenvalue weighted by molar-refractivity contribution is -0.929. The third-order valence-electron chi connectivity index (χ3n) is 5.20. The molecule has 1 aromatic carbocycles. The van der Waals surface area contributed by atoms with Crippen molar-refractivity contribution in [2.75, 3.05) is 19.6 Å². The van der Waals surface area contributed by atoms with E-state index in [1.54, 1.807) is 6.07 Å². The number of carbonyl (C=O) groups is 1. The van der Waals surface area contributed by atoms with E-state index in [1.807, 2.05) is 27.7 Å². The summed E-state index contributed by atoms with van der Waals surface area (Å²) in [5.74, 6) is -0.849. The third kappa shape index (κ3) is 3.50. The second-order valence-electron chi connectivity index (χ2n) is 7.67. The number of piperazine rings is 1. The highest BCUT2D eigenvalue weighted by molar-refractivity contribution is 5.58. The number of halogens is 1. The quantitative estimate of drug-likeness (QED) is 0.512. The molecular formula is C17H25FN3O4+. The summed E-state index contributed by atoms with van der Waals surface area (Å²) in [6.45, 7) is 9.71. The number of nitro groups is 1. The first-order valence-electron chi connectivity index (χ1n) is 8.25. The smallest absolute Gasteiger partial charge is 0.435 e. The Morgan fingerprint density at radius 2 is 2.12 bits per heavy atom. The number of nitro benzene ring substituents is 1. The zero-order chi connectivity index (χ0) is 19.0. The highest BCUT2D eigenvalue weighted by Gasteiger charge is 2.54. The molecule has 1 heterocycles. The van der Waals surface area contributed by atoms with Crippen molar-refractivity contribution in [3.05, 3.63) is 39.7 Å². The average Bonchev–Trinajstić information content (AvgIpc) is 2.45. The maximum atomic E-state index is 13.8. The van der Waals surface area contributed by atoms with E-state index in [0.29, 0.717) is 31.7 Å². The van der Waals surface area contributed by atoms with Crippen LogP contribution < -0.4 is 0 Å². The number of nitrogens with zero attached hydrogens (tertiary/aromatic N) is 3. The van der Waals surface area contributed by atoms with E-state index in [9.17, 15) is 24.4 Å².